The summed E-state index contributed by atoms with van der Waals surface area (Å²) in [7, 11) is -3.79. The van der Waals surface area contributed by atoms with Crippen LogP contribution in [0, 0.1) is 0 Å². The monoisotopic (exact) mass is 399 g/mol. The van der Waals surface area contributed by atoms with Gasteiger partial charge >= 0.3 is 6.18 Å². The van der Waals surface area contributed by atoms with Crippen molar-refractivity contribution in [1.82, 2.24) is 4.72 Å². The lowest BCUT2D eigenvalue weighted by Crippen LogP contribution is -2.46. The molecule has 1 aliphatic rings. The molecule has 8 heteroatoms. The zero-order valence-electron chi connectivity index (χ0n) is 14.5. The Morgan fingerprint density at radius 3 is 2.30 bits per heavy atom. The Labute approximate surface area is 156 Å². The van der Waals surface area contributed by atoms with Crippen LogP contribution < -0.4 is 4.72 Å². The Kier molecular flexibility index (Phi) is 5.33. The molecule has 0 heterocycles. The van der Waals surface area contributed by atoms with E-state index in [1.54, 1.807) is 0 Å². The van der Waals surface area contributed by atoms with E-state index in [-0.39, 0.29) is 12.1 Å². The number of aliphatic hydroxyl groups is 1. The number of alkyl halides is 3. The number of hydrogen-bond donors (Lipinski definition) is 2. The molecule has 0 amide bonds. The van der Waals surface area contributed by atoms with Gasteiger partial charge in [-0.15, -0.1) is 0 Å². The molecule has 0 unspecified atom stereocenters. The summed E-state index contributed by atoms with van der Waals surface area (Å²) >= 11 is 0. The number of rotatable bonds is 5. The fourth-order valence-electron chi connectivity index (χ4n) is 3.24. The third-order valence-corrected chi connectivity index (χ3v) is 6.05. The number of nitrogens with one attached hydrogen (secondary N) is 1. The lowest BCUT2D eigenvalue weighted by molar-refractivity contribution is -0.137. The van der Waals surface area contributed by atoms with Crippen LogP contribution in [0.3, 0.4) is 0 Å². The zero-order valence-corrected chi connectivity index (χ0v) is 15.3. The van der Waals surface area contributed by atoms with E-state index in [9.17, 15) is 26.7 Å². The summed E-state index contributed by atoms with van der Waals surface area (Å²) in [6.07, 6.45) is -3.01. The molecule has 0 fully saturated rings. The first-order valence-electron chi connectivity index (χ1n) is 8.49. The van der Waals surface area contributed by atoms with Gasteiger partial charge < -0.3 is 5.11 Å². The molecular weight excluding hydrogens is 379 g/mol. The lowest BCUT2D eigenvalue weighted by atomic mass is 9.80. The van der Waals surface area contributed by atoms with E-state index >= 15 is 0 Å². The number of fused-ring (bicyclic) bond motifs is 1. The van der Waals surface area contributed by atoms with Crippen molar-refractivity contribution in [3.63, 3.8) is 0 Å². The van der Waals surface area contributed by atoms with Crippen LogP contribution in [0.15, 0.2) is 48.5 Å². The van der Waals surface area contributed by atoms with E-state index in [1.165, 1.54) is 0 Å². The molecule has 1 atom stereocenters. The molecule has 146 valence electrons. The third-order valence-electron chi connectivity index (χ3n) is 4.76. The predicted octanol–water partition coefficient (Wildman–Crippen LogP) is 3.04. The van der Waals surface area contributed by atoms with Gasteiger partial charge in [0.15, 0.2) is 0 Å². The molecule has 0 radical (unpaired) electrons. The first kappa shape index (κ1) is 19.9. The summed E-state index contributed by atoms with van der Waals surface area (Å²) in [5.74, 6) is -0.447. The van der Waals surface area contributed by atoms with E-state index in [1.807, 2.05) is 24.3 Å². The SMILES string of the molecule is O=S(=O)(Cc1ccc(C(F)(F)F)cc1)NC[C@]1(O)CCc2ccccc2C1. The zero-order chi connectivity index (χ0) is 19.7. The maximum atomic E-state index is 12.6. The molecule has 0 aromatic heterocycles. The van der Waals surface area contributed by atoms with Crippen molar-refractivity contribution in [3.8, 4) is 0 Å². The van der Waals surface area contributed by atoms with Crippen LogP contribution in [0.5, 0.6) is 0 Å². The van der Waals surface area contributed by atoms with Gasteiger partial charge in [0.1, 0.15) is 0 Å². The molecule has 27 heavy (non-hydrogen) atoms. The minimum atomic E-state index is -4.46. The van der Waals surface area contributed by atoms with Gasteiger partial charge in [-0.25, -0.2) is 13.1 Å². The molecule has 0 spiro atoms. The van der Waals surface area contributed by atoms with Gasteiger partial charge in [0, 0.05) is 13.0 Å². The highest BCUT2D eigenvalue weighted by Gasteiger charge is 2.33. The first-order valence-corrected chi connectivity index (χ1v) is 10.1. The Morgan fingerprint density at radius 1 is 1.04 bits per heavy atom. The molecule has 2 N–H and O–H groups in total. The predicted molar refractivity (Wildman–Crippen MR) is 95.5 cm³/mol. The summed E-state index contributed by atoms with van der Waals surface area (Å²) in [6, 6.07) is 11.7. The molecule has 4 nitrogen and oxygen atoms in total. The normalized spacial score (nSPS) is 20.3. The summed E-state index contributed by atoms with van der Waals surface area (Å²) in [4.78, 5) is 0. The molecule has 2 aromatic carbocycles. The first-order chi connectivity index (χ1) is 12.6. The molecule has 2 aromatic rings. The average molecular weight is 399 g/mol. The summed E-state index contributed by atoms with van der Waals surface area (Å²) in [5.41, 5.74) is 0.382. The molecule has 1 aliphatic carbocycles. The Bertz CT molecular complexity index is 911. The number of hydrogen-bond acceptors (Lipinski definition) is 3. The van der Waals surface area contributed by atoms with Crippen molar-refractivity contribution in [2.24, 2.45) is 0 Å². The van der Waals surface area contributed by atoms with Crippen LogP contribution in [0.1, 0.15) is 28.7 Å². The van der Waals surface area contributed by atoms with Crippen LogP contribution >= 0.6 is 0 Å². The van der Waals surface area contributed by atoms with Gasteiger partial charge in [-0.3, -0.25) is 0 Å². The Morgan fingerprint density at radius 2 is 1.67 bits per heavy atom. The van der Waals surface area contributed by atoms with Gasteiger partial charge in [-0.05, 0) is 41.7 Å². The highest BCUT2D eigenvalue weighted by Crippen LogP contribution is 2.30. The van der Waals surface area contributed by atoms with E-state index < -0.39 is 33.1 Å². The summed E-state index contributed by atoms with van der Waals surface area (Å²) < 4.78 is 64.6. The van der Waals surface area contributed by atoms with E-state index in [0.717, 1.165) is 35.4 Å². The van der Waals surface area contributed by atoms with Crippen LogP contribution in [0.25, 0.3) is 0 Å². The quantitative estimate of drug-likeness (QED) is 0.812. The minimum Gasteiger partial charge on any atom is -0.388 e. The fraction of sp³-hybridized carbons (Fsp3) is 0.368. The molecule has 0 saturated heterocycles. The van der Waals surface area contributed by atoms with E-state index in [0.29, 0.717) is 19.3 Å². The highest BCUT2D eigenvalue weighted by molar-refractivity contribution is 7.88. The highest BCUT2D eigenvalue weighted by atomic mass is 32.2. The van der Waals surface area contributed by atoms with Crippen molar-refractivity contribution >= 4 is 10.0 Å². The maximum absolute atomic E-state index is 12.6. The van der Waals surface area contributed by atoms with Crippen LogP contribution in [-0.2, 0) is 34.8 Å². The molecule has 0 aliphatic heterocycles. The number of halogens is 3. The van der Waals surface area contributed by atoms with Gasteiger partial charge in [0.2, 0.25) is 10.0 Å². The van der Waals surface area contributed by atoms with Crippen molar-refractivity contribution < 1.29 is 26.7 Å². The van der Waals surface area contributed by atoms with Gasteiger partial charge in [0.25, 0.3) is 0 Å². The number of benzene rings is 2. The van der Waals surface area contributed by atoms with Gasteiger partial charge in [-0.2, -0.15) is 13.2 Å². The van der Waals surface area contributed by atoms with Crippen molar-refractivity contribution in [2.45, 2.75) is 36.8 Å². The number of aryl methyl sites for hydroxylation is 1. The second-order valence-electron chi connectivity index (χ2n) is 6.94. The minimum absolute atomic E-state index is 0.135. The van der Waals surface area contributed by atoms with E-state index in [4.69, 9.17) is 0 Å². The van der Waals surface area contributed by atoms with E-state index in [2.05, 4.69) is 4.72 Å². The van der Waals surface area contributed by atoms with Crippen LogP contribution in [0.2, 0.25) is 0 Å². The number of sulfonamides is 1. The van der Waals surface area contributed by atoms with Gasteiger partial charge in [-0.1, -0.05) is 36.4 Å². The topological polar surface area (TPSA) is 66.4 Å². The van der Waals surface area contributed by atoms with Crippen molar-refractivity contribution in [3.05, 3.63) is 70.8 Å². The maximum Gasteiger partial charge on any atom is 0.416 e. The molecule has 3 rings (SSSR count). The average Bonchev–Trinajstić information content (AvgIpc) is 2.60. The van der Waals surface area contributed by atoms with Crippen LogP contribution in [-0.4, -0.2) is 25.7 Å². The van der Waals surface area contributed by atoms with Gasteiger partial charge in [0.05, 0.1) is 16.9 Å². The largest absolute Gasteiger partial charge is 0.416 e. The van der Waals surface area contributed by atoms with Crippen molar-refractivity contribution in [1.29, 1.82) is 0 Å². The second kappa shape index (κ2) is 7.26. The summed E-state index contributed by atoms with van der Waals surface area (Å²) in [5, 5.41) is 10.7. The smallest absolute Gasteiger partial charge is 0.388 e. The Hall–Kier alpha value is -1.90. The summed E-state index contributed by atoms with van der Waals surface area (Å²) in [6.45, 7) is -0.135. The molecular formula is C19H20F3NO3S. The van der Waals surface area contributed by atoms with Crippen molar-refractivity contribution in [2.75, 3.05) is 6.54 Å². The third kappa shape index (κ3) is 5.09. The van der Waals surface area contributed by atoms with Crippen LogP contribution in [0.4, 0.5) is 13.2 Å². The standard InChI is InChI=1S/C19H20F3NO3S/c20-19(21,22)17-7-5-14(6-8-17)12-27(25,26)23-13-18(24)10-9-15-3-1-2-4-16(15)11-18/h1-8,23-24H,9-13H2/t18-/m0/s1. The lowest BCUT2D eigenvalue weighted by Gasteiger charge is -2.33. The molecule has 0 saturated carbocycles. The second-order valence-corrected chi connectivity index (χ2v) is 8.75. The molecule has 0 bridgehead atoms. The Balaban J connectivity index is 1.62. The fourth-order valence-corrected chi connectivity index (χ4v) is 4.46.